The van der Waals surface area contributed by atoms with Crippen LogP contribution in [-0.4, -0.2) is 18.0 Å². The van der Waals surface area contributed by atoms with Crippen molar-refractivity contribution >= 4 is 23.5 Å². The van der Waals surface area contributed by atoms with Crippen molar-refractivity contribution in [1.82, 2.24) is 5.32 Å². The second kappa shape index (κ2) is 6.23. The molecule has 0 fully saturated rings. The van der Waals surface area contributed by atoms with Crippen LogP contribution in [0.4, 0.5) is 4.79 Å². The van der Waals surface area contributed by atoms with Crippen molar-refractivity contribution < 1.29 is 14.3 Å². The molecule has 1 atom stereocenters. The minimum absolute atomic E-state index is 0.334. The third-order valence-electron chi connectivity index (χ3n) is 2.15. The number of primary amides is 1. The fourth-order valence-electron chi connectivity index (χ4n) is 1.23. The summed E-state index contributed by atoms with van der Waals surface area (Å²) >= 11 is 5.96. The maximum absolute atomic E-state index is 11.4. The number of urea groups is 1. The third kappa shape index (κ3) is 3.90. The van der Waals surface area contributed by atoms with E-state index in [1.807, 2.05) is 5.32 Å². The number of carbonyl (C=O) groups is 2. The average molecular weight is 272 g/mol. The number of hydrogen-bond donors (Lipinski definition) is 3. The Bertz CT molecular complexity index is 465. The predicted octanol–water partition coefficient (Wildman–Crippen LogP) is 0.761. The van der Waals surface area contributed by atoms with Gasteiger partial charge in [0.2, 0.25) is 0 Å². The molecule has 5 N–H and O–H groups in total. The molecule has 1 rings (SSSR count). The van der Waals surface area contributed by atoms with Crippen LogP contribution in [0.5, 0.6) is 5.75 Å². The zero-order valence-electron chi connectivity index (χ0n) is 9.77. The molecule has 1 unspecified atom stereocenters. The summed E-state index contributed by atoms with van der Waals surface area (Å²) in [7, 11) is 0. The smallest absolute Gasteiger partial charge is 0.318 e. The molecule has 0 radical (unpaired) electrons. The number of halogens is 1. The number of carbonyl (C=O) groups excluding carboxylic acids is 2. The van der Waals surface area contributed by atoms with E-state index in [2.05, 4.69) is 0 Å². The molecule has 0 aliphatic carbocycles. The molecule has 0 heterocycles. The summed E-state index contributed by atoms with van der Waals surface area (Å²) in [6, 6.07) is 4.06. The largest absolute Gasteiger partial charge is 0.479 e. The highest BCUT2D eigenvalue weighted by atomic mass is 35.5. The molecule has 0 aliphatic heterocycles. The van der Waals surface area contributed by atoms with Crippen molar-refractivity contribution in [3.8, 4) is 5.75 Å². The summed E-state index contributed by atoms with van der Waals surface area (Å²) in [5, 5.41) is 2.26. The Morgan fingerprint density at radius 1 is 1.50 bits per heavy atom. The molecule has 98 valence electrons. The van der Waals surface area contributed by atoms with Crippen LogP contribution in [-0.2, 0) is 11.3 Å². The van der Waals surface area contributed by atoms with E-state index < -0.39 is 18.0 Å². The van der Waals surface area contributed by atoms with Crippen molar-refractivity contribution in [2.75, 3.05) is 0 Å². The lowest BCUT2D eigenvalue weighted by Crippen LogP contribution is -2.42. The fourth-order valence-corrected chi connectivity index (χ4v) is 1.48. The lowest BCUT2D eigenvalue weighted by atomic mass is 10.2. The summed E-state index contributed by atoms with van der Waals surface area (Å²) in [4.78, 5) is 21.9. The van der Waals surface area contributed by atoms with Crippen LogP contribution in [0.1, 0.15) is 12.5 Å². The first-order valence-corrected chi connectivity index (χ1v) is 5.57. The van der Waals surface area contributed by atoms with Crippen LogP contribution in [0, 0.1) is 0 Å². The minimum atomic E-state index is -0.931. The summed E-state index contributed by atoms with van der Waals surface area (Å²) in [6.07, 6.45) is -0.890. The van der Waals surface area contributed by atoms with E-state index in [4.69, 9.17) is 27.8 Å². The van der Waals surface area contributed by atoms with Crippen molar-refractivity contribution in [2.24, 2.45) is 11.5 Å². The minimum Gasteiger partial charge on any atom is -0.479 e. The van der Waals surface area contributed by atoms with E-state index in [9.17, 15) is 9.59 Å². The Hall–Kier alpha value is -1.79. The molecule has 18 heavy (non-hydrogen) atoms. The highest BCUT2D eigenvalue weighted by Crippen LogP contribution is 2.26. The first-order valence-electron chi connectivity index (χ1n) is 5.19. The van der Waals surface area contributed by atoms with Gasteiger partial charge in [-0.15, -0.1) is 0 Å². The van der Waals surface area contributed by atoms with Gasteiger partial charge in [0.25, 0.3) is 5.91 Å². The molecule has 0 saturated carbocycles. The van der Waals surface area contributed by atoms with Gasteiger partial charge < -0.3 is 16.2 Å². The molecule has 3 amide bonds. The summed E-state index contributed by atoms with van der Waals surface area (Å²) in [5.41, 5.74) is 11.1. The summed E-state index contributed by atoms with van der Waals surface area (Å²) in [5.74, 6) is -0.303. The summed E-state index contributed by atoms with van der Waals surface area (Å²) in [6.45, 7) is 1.84. The third-order valence-corrected chi connectivity index (χ3v) is 2.45. The highest BCUT2D eigenvalue weighted by Gasteiger charge is 2.17. The van der Waals surface area contributed by atoms with E-state index in [0.29, 0.717) is 17.3 Å². The first-order chi connectivity index (χ1) is 8.43. The Morgan fingerprint density at radius 3 is 2.67 bits per heavy atom. The van der Waals surface area contributed by atoms with Gasteiger partial charge in [0.15, 0.2) is 6.10 Å². The molecular weight excluding hydrogens is 258 g/mol. The number of hydrogen-bond acceptors (Lipinski definition) is 4. The van der Waals surface area contributed by atoms with Crippen LogP contribution in [0.2, 0.25) is 5.02 Å². The zero-order valence-corrected chi connectivity index (χ0v) is 10.5. The van der Waals surface area contributed by atoms with Crippen LogP contribution < -0.4 is 21.5 Å². The molecule has 0 aliphatic rings. The van der Waals surface area contributed by atoms with Gasteiger partial charge in [0.1, 0.15) is 5.75 Å². The molecule has 6 nitrogen and oxygen atoms in total. The topological polar surface area (TPSA) is 107 Å². The average Bonchev–Trinajstić information content (AvgIpc) is 2.30. The molecule has 0 saturated heterocycles. The lowest BCUT2D eigenvalue weighted by Gasteiger charge is -2.14. The maximum Gasteiger partial charge on any atom is 0.318 e. The standard InChI is InChI=1S/C11H14ClN3O3/c1-6(10(16)15-11(14)17)18-9-3-2-7(5-13)4-8(9)12/h2-4,6H,5,13H2,1H3,(H3,14,15,16,17). The van der Waals surface area contributed by atoms with Crippen molar-refractivity contribution in [1.29, 1.82) is 0 Å². The van der Waals surface area contributed by atoms with Gasteiger partial charge in [-0.2, -0.15) is 0 Å². The second-order valence-electron chi connectivity index (χ2n) is 3.58. The lowest BCUT2D eigenvalue weighted by molar-refractivity contribution is -0.126. The number of nitrogens with two attached hydrogens (primary N) is 2. The normalized spacial score (nSPS) is 11.7. The summed E-state index contributed by atoms with van der Waals surface area (Å²) < 4.78 is 5.31. The van der Waals surface area contributed by atoms with E-state index in [0.717, 1.165) is 5.56 Å². The highest BCUT2D eigenvalue weighted by molar-refractivity contribution is 6.32. The number of benzene rings is 1. The number of imide groups is 1. The Balaban J connectivity index is 2.72. The van der Waals surface area contributed by atoms with Crippen molar-refractivity contribution in [3.63, 3.8) is 0 Å². The molecule has 0 aromatic heterocycles. The van der Waals surface area contributed by atoms with Crippen LogP contribution in [0.25, 0.3) is 0 Å². The van der Waals surface area contributed by atoms with E-state index in [1.54, 1.807) is 18.2 Å². The SMILES string of the molecule is CC(Oc1ccc(CN)cc1Cl)C(=O)NC(N)=O. The Labute approximate surface area is 109 Å². The van der Waals surface area contributed by atoms with E-state index in [-0.39, 0.29) is 0 Å². The number of rotatable bonds is 4. The molecule has 1 aromatic carbocycles. The van der Waals surface area contributed by atoms with Gasteiger partial charge in [-0.25, -0.2) is 4.79 Å². The predicted molar refractivity (Wildman–Crippen MR) is 67.2 cm³/mol. The second-order valence-corrected chi connectivity index (χ2v) is 3.99. The molecular formula is C11H14ClN3O3. The maximum atomic E-state index is 11.4. The Kier molecular flexibility index (Phi) is 4.94. The van der Waals surface area contributed by atoms with Gasteiger partial charge in [0, 0.05) is 6.54 Å². The molecule has 0 bridgehead atoms. The van der Waals surface area contributed by atoms with Crippen LogP contribution >= 0.6 is 11.6 Å². The van der Waals surface area contributed by atoms with Gasteiger partial charge in [-0.05, 0) is 24.6 Å². The number of amides is 3. The molecule has 7 heteroatoms. The zero-order chi connectivity index (χ0) is 13.7. The monoisotopic (exact) mass is 271 g/mol. The van der Waals surface area contributed by atoms with Crippen molar-refractivity contribution in [2.45, 2.75) is 19.6 Å². The van der Waals surface area contributed by atoms with Gasteiger partial charge in [-0.3, -0.25) is 10.1 Å². The Morgan fingerprint density at radius 2 is 2.17 bits per heavy atom. The number of ether oxygens (including phenoxy) is 1. The quantitative estimate of drug-likeness (QED) is 0.751. The van der Waals surface area contributed by atoms with E-state index in [1.165, 1.54) is 6.92 Å². The van der Waals surface area contributed by atoms with Gasteiger partial charge in [-0.1, -0.05) is 17.7 Å². The van der Waals surface area contributed by atoms with Crippen molar-refractivity contribution in [3.05, 3.63) is 28.8 Å². The van der Waals surface area contributed by atoms with Crippen LogP contribution in [0.15, 0.2) is 18.2 Å². The molecule has 1 aromatic rings. The fraction of sp³-hybridized carbons (Fsp3) is 0.273. The molecule has 0 spiro atoms. The first kappa shape index (κ1) is 14.3. The number of nitrogens with one attached hydrogen (secondary N) is 1. The van der Waals surface area contributed by atoms with Gasteiger partial charge in [0.05, 0.1) is 5.02 Å². The van der Waals surface area contributed by atoms with E-state index >= 15 is 0 Å². The van der Waals surface area contributed by atoms with Gasteiger partial charge >= 0.3 is 6.03 Å². The van der Waals surface area contributed by atoms with Crippen LogP contribution in [0.3, 0.4) is 0 Å².